The van der Waals surface area contributed by atoms with Crippen LogP contribution < -0.4 is 4.74 Å². The van der Waals surface area contributed by atoms with E-state index in [4.69, 9.17) is 4.74 Å². The predicted octanol–water partition coefficient (Wildman–Crippen LogP) is 3.28. The van der Waals surface area contributed by atoms with Gasteiger partial charge in [-0.1, -0.05) is 24.3 Å². The summed E-state index contributed by atoms with van der Waals surface area (Å²) in [6, 6.07) is 14.8. The van der Waals surface area contributed by atoms with Gasteiger partial charge in [0.1, 0.15) is 5.75 Å². The third kappa shape index (κ3) is 3.92. The Morgan fingerprint density at radius 2 is 1.73 bits per heavy atom. The summed E-state index contributed by atoms with van der Waals surface area (Å²) < 4.78 is 33.2. The third-order valence-electron chi connectivity index (χ3n) is 4.73. The van der Waals surface area contributed by atoms with Crippen LogP contribution in [0.3, 0.4) is 0 Å². The summed E-state index contributed by atoms with van der Waals surface area (Å²) in [6.07, 6.45) is 1.71. The van der Waals surface area contributed by atoms with Gasteiger partial charge in [-0.15, -0.1) is 0 Å². The number of benzene rings is 2. The fourth-order valence-corrected chi connectivity index (χ4v) is 5.14. The van der Waals surface area contributed by atoms with E-state index in [1.165, 1.54) is 0 Å². The molecule has 1 saturated heterocycles. The molecule has 2 aromatic carbocycles. The van der Waals surface area contributed by atoms with E-state index in [-0.39, 0.29) is 6.04 Å². The molecule has 5 nitrogen and oxygen atoms in total. The zero-order valence-corrected chi connectivity index (χ0v) is 16.4. The fraction of sp³-hybridized carbons (Fsp3) is 0.400. The Labute approximate surface area is 156 Å². The van der Waals surface area contributed by atoms with Crippen LogP contribution >= 0.6 is 0 Å². The molecule has 26 heavy (non-hydrogen) atoms. The first-order valence-corrected chi connectivity index (χ1v) is 10.3. The van der Waals surface area contributed by atoms with Crippen LogP contribution in [0, 0.1) is 0 Å². The minimum absolute atomic E-state index is 0.118. The highest BCUT2D eigenvalue weighted by Gasteiger charge is 2.36. The van der Waals surface area contributed by atoms with Crippen molar-refractivity contribution in [3.8, 4) is 5.75 Å². The second-order valence-electron chi connectivity index (χ2n) is 6.93. The van der Waals surface area contributed by atoms with Crippen molar-refractivity contribution in [3.05, 3.63) is 59.7 Å². The molecule has 140 valence electrons. The lowest BCUT2D eigenvalue weighted by molar-refractivity contribution is 0.394. The van der Waals surface area contributed by atoms with E-state index >= 15 is 0 Å². The number of nitrogens with zero attached hydrogens (tertiary/aromatic N) is 2. The summed E-state index contributed by atoms with van der Waals surface area (Å²) in [5.41, 5.74) is 2.11. The molecule has 6 heteroatoms. The van der Waals surface area contributed by atoms with Crippen molar-refractivity contribution in [2.24, 2.45) is 0 Å². The van der Waals surface area contributed by atoms with Gasteiger partial charge < -0.3 is 9.64 Å². The molecule has 0 bridgehead atoms. The summed E-state index contributed by atoms with van der Waals surface area (Å²) in [4.78, 5) is 2.42. The third-order valence-corrected chi connectivity index (χ3v) is 6.66. The van der Waals surface area contributed by atoms with Crippen LogP contribution in [0.25, 0.3) is 0 Å². The van der Waals surface area contributed by atoms with Gasteiger partial charge in [0.25, 0.3) is 0 Å². The zero-order chi connectivity index (χ0) is 18.7. The number of sulfonamides is 1. The first-order chi connectivity index (χ1) is 12.4. The highest BCUT2D eigenvalue weighted by molar-refractivity contribution is 7.89. The van der Waals surface area contributed by atoms with Gasteiger partial charge >= 0.3 is 0 Å². The molecule has 0 aliphatic carbocycles. The smallest absolute Gasteiger partial charge is 0.243 e. The molecule has 1 atom stereocenters. The van der Waals surface area contributed by atoms with Gasteiger partial charge in [0.2, 0.25) is 10.0 Å². The first kappa shape index (κ1) is 18.9. The van der Waals surface area contributed by atoms with E-state index in [1.54, 1.807) is 23.5 Å². The van der Waals surface area contributed by atoms with Crippen LogP contribution in [0.1, 0.15) is 30.0 Å². The second kappa shape index (κ2) is 7.78. The van der Waals surface area contributed by atoms with Crippen molar-refractivity contribution in [1.82, 2.24) is 9.21 Å². The maximum Gasteiger partial charge on any atom is 0.243 e. The number of hydrogen-bond donors (Lipinski definition) is 0. The van der Waals surface area contributed by atoms with Crippen LogP contribution in [-0.4, -0.2) is 45.4 Å². The lowest BCUT2D eigenvalue weighted by atomic mass is 10.1. The Hall–Kier alpha value is -1.89. The Bertz CT molecular complexity index is 830. The van der Waals surface area contributed by atoms with Crippen LogP contribution in [0.2, 0.25) is 0 Å². The molecule has 3 rings (SSSR count). The largest absolute Gasteiger partial charge is 0.497 e. The topological polar surface area (TPSA) is 49.9 Å². The van der Waals surface area contributed by atoms with Crippen molar-refractivity contribution < 1.29 is 13.2 Å². The molecule has 0 radical (unpaired) electrons. The molecule has 2 aromatic rings. The molecule has 1 heterocycles. The Balaban J connectivity index is 1.85. The number of methoxy groups -OCH3 is 1. The molecule has 0 N–H and O–H groups in total. The summed E-state index contributed by atoms with van der Waals surface area (Å²) in [7, 11) is 2.11. The summed E-state index contributed by atoms with van der Waals surface area (Å²) in [5, 5.41) is 0. The highest BCUT2D eigenvalue weighted by Crippen LogP contribution is 2.37. The van der Waals surface area contributed by atoms with Crippen molar-refractivity contribution in [2.45, 2.75) is 30.3 Å². The van der Waals surface area contributed by atoms with Gasteiger partial charge in [-0.05, 0) is 62.3 Å². The summed E-state index contributed by atoms with van der Waals surface area (Å²) in [6.45, 7) is 1.34. The van der Waals surface area contributed by atoms with Gasteiger partial charge in [-0.25, -0.2) is 8.42 Å². The number of rotatable bonds is 6. The van der Waals surface area contributed by atoms with E-state index in [0.29, 0.717) is 11.4 Å². The monoisotopic (exact) mass is 374 g/mol. The van der Waals surface area contributed by atoms with Gasteiger partial charge in [0, 0.05) is 13.1 Å². The Kier molecular flexibility index (Phi) is 5.65. The lowest BCUT2D eigenvalue weighted by Gasteiger charge is -2.24. The minimum Gasteiger partial charge on any atom is -0.497 e. The van der Waals surface area contributed by atoms with Crippen LogP contribution in [0.15, 0.2) is 53.4 Å². The molecule has 1 aliphatic heterocycles. The number of ether oxygens (including phenoxy) is 1. The van der Waals surface area contributed by atoms with Crippen molar-refractivity contribution in [2.75, 3.05) is 27.7 Å². The SMILES string of the molecule is COc1ccc([C@H]2CCCN2S(=O)(=O)c2ccc(CN(C)C)cc2)cc1. The Morgan fingerprint density at radius 3 is 2.31 bits per heavy atom. The summed E-state index contributed by atoms with van der Waals surface area (Å²) in [5.74, 6) is 0.776. The van der Waals surface area contributed by atoms with Gasteiger partial charge in [0.15, 0.2) is 0 Å². The van der Waals surface area contributed by atoms with E-state index in [0.717, 1.165) is 36.3 Å². The molecule has 0 spiro atoms. The molecular weight excluding hydrogens is 348 g/mol. The van der Waals surface area contributed by atoms with Crippen LogP contribution in [-0.2, 0) is 16.6 Å². The van der Waals surface area contributed by atoms with Crippen molar-refractivity contribution >= 4 is 10.0 Å². The standard InChI is InChI=1S/C20H26N2O3S/c1-21(2)15-16-6-12-19(13-7-16)26(23,24)22-14-4-5-20(22)17-8-10-18(25-3)11-9-17/h6-13,20H,4-5,14-15H2,1-3H3/t20-/m1/s1. The maximum atomic E-state index is 13.2. The maximum absolute atomic E-state index is 13.2. The Morgan fingerprint density at radius 1 is 1.08 bits per heavy atom. The molecule has 1 fully saturated rings. The lowest BCUT2D eigenvalue weighted by Crippen LogP contribution is -2.30. The van der Waals surface area contributed by atoms with Gasteiger partial charge in [-0.2, -0.15) is 4.31 Å². The van der Waals surface area contributed by atoms with Crippen LogP contribution in [0.4, 0.5) is 0 Å². The quantitative estimate of drug-likeness (QED) is 0.779. The predicted molar refractivity (Wildman–Crippen MR) is 103 cm³/mol. The van der Waals surface area contributed by atoms with E-state index in [1.807, 2.05) is 50.5 Å². The normalized spacial score (nSPS) is 18.4. The zero-order valence-electron chi connectivity index (χ0n) is 15.6. The first-order valence-electron chi connectivity index (χ1n) is 8.81. The average molecular weight is 375 g/mol. The fourth-order valence-electron chi connectivity index (χ4n) is 3.45. The molecule has 0 aromatic heterocycles. The van der Waals surface area contributed by atoms with E-state index in [2.05, 4.69) is 4.90 Å². The van der Waals surface area contributed by atoms with E-state index in [9.17, 15) is 8.42 Å². The van der Waals surface area contributed by atoms with Crippen molar-refractivity contribution in [1.29, 1.82) is 0 Å². The highest BCUT2D eigenvalue weighted by atomic mass is 32.2. The number of hydrogen-bond acceptors (Lipinski definition) is 4. The van der Waals surface area contributed by atoms with Crippen molar-refractivity contribution in [3.63, 3.8) is 0 Å². The van der Waals surface area contributed by atoms with E-state index < -0.39 is 10.0 Å². The average Bonchev–Trinajstić information content (AvgIpc) is 3.12. The molecule has 1 aliphatic rings. The molecule has 0 amide bonds. The van der Waals surface area contributed by atoms with Gasteiger partial charge in [0.05, 0.1) is 18.0 Å². The molecule has 0 saturated carbocycles. The molecule has 0 unspecified atom stereocenters. The minimum atomic E-state index is -3.51. The molecular formula is C20H26N2O3S. The second-order valence-corrected chi connectivity index (χ2v) is 8.82. The van der Waals surface area contributed by atoms with Crippen LogP contribution in [0.5, 0.6) is 5.75 Å². The van der Waals surface area contributed by atoms with Gasteiger partial charge in [-0.3, -0.25) is 0 Å². The summed E-state index contributed by atoms with van der Waals surface area (Å²) >= 11 is 0.